The molecule has 7 nitrogen and oxygen atoms in total. The second kappa shape index (κ2) is 8.34. The van der Waals surface area contributed by atoms with E-state index in [2.05, 4.69) is 10.1 Å². The zero-order valence-electron chi connectivity index (χ0n) is 17.2. The summed E-state index contributed by atoms with van der Waals surface area (Å²) in [6, 6.07) is 7.40. The lowest BCUT2D eigenvalue weighted by Crippen LogP contribution is -2.26. The van der Waals surface area contributed by atoms with Gasteiger partial charge in [0.1, 0.15) is 29.5 Å². The average molecular weight is 416 g/mol. The number of para-hydroxylation sites is 1. The fourth-order valence-electron chi connectivity index (χ4n) is 2.97. The van der Waals surface area contributed by atoms with Crippen LogP contribution in [-0.2, 0) is 9.57 Å². The first-order valence-corrected chi connectivity index (χ1v) is 10.2. The Bertz CT molecular complexity index is 1050. The second-order valence-corrected chi connectivity index (χ2v) is 8.39. The van der Waals surface area contributed by atoms with Crippen LogP contribution in [0.1, 0.15) is 56.5 Å². The number of nitrogens with zero attached hydrogens (tertiary/aromatic N) is 3. The number of rotatable bonds is 5. The summed E-state index contributed by atoms with van der Waals surface area (Å²) in [6.45, 7) is 7.41. The van der Waals surface area contributed by atoms with E-state index in [-0.39, 0.29) is 0 Å². The van der Waals surface area contributed by atoms with Gasteiger partial charge in [-0.1, -0.05) is 30.3 Å². The largest absolute Gasteiger partial charge is 0.443 e. The minimum Gasteiger partial charge on any atom is -0.443 e. The number of oxime groups is 1. The zero-order valence-corrected chi connectivity index (χ0v) is 18.0. The van der Waals surface area contributed by atoms with E-state index in [4.69, 9.17) is 9.57 Å². The van der Waals surface area contributed by atoms with E-state index in [0.717, 1.165) is 5.39 Å². The lowest BCUT2D eigenvalue weighted by atomic mass is 10.1. The summed E-state index contributed by atoms with van der Waals surface area (Å²) < 4.78 is 6.94. The highest BCUT2D eigenvalue weighted by atomic mass is 32.1. The van der Waals surface area contributed by atoms with Gasteiger partial charge in [-0.3, -0.25) is 4.57 Å². The standard InChI is InChI=1S/C21H25N3O4S/c1-6-15(23-27-5)16-12-29-19(22-16)18(25)14-11-24(20(26)28-21(2,3)4)17-10-8-7-9-13(14)17/h7-12,18,25H,6H2,1-5H3. The molecule has 0 radical (unpaired) electrons. The van der Waals surface area contributed by atoms with Crippen LogP contribution in [0.15, 0.2) is 41.0 Å². The summed E-state index contributed by atoms with van der Waals surface area (Å²) in [7, 11) is 1.49. The van der Waals surface area contributed by atoms with Crippen molar-refractivity contribution < 1.29 is 19.5 Å². The van der Waals surface area contributed by atoms with Crippen LogP contribution in [0, 0.1) is 0 Å². The molecule has 1 unspecified atom stereocenters. The highest BCUT2D eigenvalue weighted by Gasteiger charge is 2.25. The maximum absolute atomic E-state index is 12.7. The average Bonchev–Trinajstić information content (AvgIpc) is 3.29. The number of carbonyl (C=O) groups excluding carboxylic acids is 1. The van der Waals surface area contributed by atoms with E-state index in [0.29, 0.717) is 33.9 Å². The Hall–Kier alpha value is -2.71. The van der Waals surface area contributed by atoms with E-state index in [1.807, 2.05) is 57.3 Å². The third-order valence-electron chi connectivity index (χ3n) is 4.22. The lowest BCUT2D eigenvalue weighted by molar-refractivity contribution is 0.0544. The summed E-state index contributed by atoms with van der Waals surface area (Å²) >= 11 is 1.34. The molecule has 3 aromatic rings. The van der Waals surface area contributed by atoms with Crippen molar-refractivity contribution in [2.75, 3.05) is 7.11 Å². The van der Waals surface area contributed by atoms with Gasteiger partial charge >= 0.3 is 6.09 Å². The van der Waals surface area contributed by atoms with E-state index in [9.17, 15) is 9.90 Å². The third kappa shape index (κ3) is 4.49. The monoisotopic (exact) mass is 415 g/mol. The Morgan fingerprint density at radius 1 is 1.34 bits per heavy atom. The van der Waals surface area contributed by atoms with E-state index in [1.54, 1.807) is 6.20 Å². The molecule has 0 fully saturated rings. The number of hydrogen-bond donors (Lipinski definition) is 1. The Morgan fingerprint density at radius 2 is 2.07 bits per heavy atom. The number of benzene rings is 1. The Balaban J connectivity index is 2.01. The molecular weight excluding hydrogens is 390 g/mol. The van der Waals surface area contributed by atoms with Crippen LogP contribution in [0.5, 0.6) is 0 Å². The zero-order chi connectivity index (χ0) is 21.2. The molecule has 0 bridgehead atoms. The smallest absolute Gasteiger partial charge is 0.419 e. The van der Waals surface area contributed by atoms with Crippen molar-refractivity contribution in [3.8, 4) is 0 Å². The number of ether oxygens (including phenoxy) is 1. The van der Waals surface area contributed by atoms with Crippen molar-refractivity contribution in [1.29, 1.82) is 0 Å². The number of aliphatic hydroxyl groups excluding tert-OH is 1. The van der Waals surface area contributed by atoms with Gasteiger partial charge in [0.2, 0.25) is 0 Å². The van der Waals surface area contributed by atoms with Crippen LogP contribution in [0.3, 0.4) is 0 Å². The normalized spacial score (nSPS) is 13.5. The van der Waals surface area contributed by atoms with Crippen LogP contribution >= 0.6 is 11.3 Å². The highest BCUT2D eigenvalue weighted by Crippen LogP contribution is 2.32. The maximum atomic E-state index is 12.7. The minimum absolute atomic E-state index is 0.493. The topological polar surface area (TPSA) is 85.9 Å². The Labute approximate surface area is 173 Å². The van der Waals surface area contributed by atoms with E-state index < -0.39 is 17.8 Å². The van der Waals surface area contributed by atoms with Gasteiger partial charge in [-0.05, 0) is 33.3 Å². The molecular formula is C21H25N3O4S. The van der Waals surface area contributed by atoms with E-state index >= 15 is 0 Å². The summed E-state index contributed by atoms with van der Waals surface area (Å²) in [5.74, 6) is 0. The molecule has 0 spiro atoms. The first kappa shape index (κ1) is 21.0. The summed E-state index contributed by atoms with van der Waals surface area (Å²) in [5, 5.41) is 18.1. The SMILES string of the molecule is CCC(=NOC)c1csc(C(O)c2cn(C(=O)OC(C)(C)C)c3ccccc23)n1. The first-order valence-electron chi connectivity index (χ1n) is 9.32. The van der Waals surface area contributed by atoms with E-state index in [1.165, 1.54) is 23.0 Å². The van der Waals surface area contributed by atoms with Crippen LogP contribution in [-0.4, -0.2) is 39.2 Å². The number of aromatic nitrogens is 2. The fraction of sp³-hybridized carbons (Fsp3) is 0.381. The van der Waals surface area contributed by atoms with Gasteiger partial charge in [0, 0.05) is 22.5 Å². The fourth-order valence-corrected chi connectivity index (χ4v) is 3.80. The van der Waals surface area contributed by atoms with Crippen molar-refractivity contribution in [2.24, 2.45) is 5.16 Å². The van der Waals surface area contributed by atoms with Crippen molar-refractivity contribution in [3.05, 3.63) is 52.1 Å². The summed E-state index contributed by atoms with van der Waals surface area (Å²) in [4.78, 5) is 22.1. The van der Waals surface area contributed by atoms with Gasteiger partial charge in [0.05, 0.1) is 11.2 Å². The molecule has 0 saturated carbocycles. The molecule has 3 rings (SSSR count). The molecule has 1 atom stereocenters. The first-order chi connectivity index (χ1) is 13.7. The molecule has 0 saturated heterocycles. The van der Waals surface area contributed by atoms with Crippen molar-refractivity contribution in [1.82, 2.24) is 9.55 Å². The van der Waals surface area contributed by atoms with Gasteiger partial charge in [-0.2, -0.15) is 0 Å². The molecule has 1 aromatic carbocycles. The molecule has 0 amide bonds. The van der Waals surface area contributed by atoms with Crippen LogP contribution < -0.4 is 0 Å². The molecule has 2 aromatic heterocycles. The van der Waals surface area contributed by atoms with Gasteiger partial charge in [-0.15, -0.1) is 11.3 Å². The highest BCUT2D eigenvalue weighted by molar-refractivity contribution is 7.10. The van der Waals surface area contributed by atoms with Gasteiger partial charge < -0.3 is 14.7 Å². The van der Waals surface area contributed by atoms with Crippen LogP contribution in [0.4, 0.5) is 4.79 Å². The molecule has 1 N–H and O–H groups in total. The predicted molar refractivity (Wildman–Crippen MR) is 114 cm³/mol. The number of carbonyl (C=O) groups is 1. The molecule has 29 heavy (non-hydrogen) atoms. The van der Waals surface area contributed by atoms with Gasteiger partial charge in [0.15, 0.2) is 0 Å². The van der Waals surface area contributed by atoms with Gasteiger partial charge in [0.25, 0.3) is 0 Å². The molecule has 0 aliphatic rings. The third-order valence-corrected chi connectivity index (χ3v) is 5.11. The lowest BCUT2D eigenvalue weighted by Gasteiger charge is -2.19. The van der Waals surface area contributed by atoms with Crippen LogP contribution in [0.2, 0.25) is 0 Å². The number of aliphatic hydroxyl groups is 1. The number of hydrogen-bond acceptors (Lipinski definition) is 7. The predicted octanol–water partition coefficient (Wildman–Crippen LogP) is 4.72. The Kier molecular flexibility index (Phi) is 6.04. The van der Waals surface area contributed by atoms with Crippen molar-refractivity contribution in [2.45, 2.75) is 45.8 Å². The minimum atomic E-state index is -0.983. The molecule has 154 valence electrons. The molecule has 8 heteroatoms. The molecule has 0 aliphatic carbocycles. The van der Waals surface area contributed by atoms with Crippen molar-refractivity contribution >= 4 is 34.0 Å². The second-order valence-electron chi connectivity index (χ2n) is 7.50. The maximum Gasteiger partial charge on any atom is 0.419 e. The summed E-state index contributed by atoms with van der Waals surface area (Å²) in [6.07, 6.45) is 0.801. The molecule has 2 heterocycles. The van der Waals surface area contributed by atoms with Crippen LogP contribution in [0.25, 0.3) is 10.9 Å². The summed E-state index contributed by atoms with van der Waals surface area (Å²) in [5.41, 5.74) is 2.02. The van der Waals surface area contributed by atoms with Gasteiger partial charge in [-0.25, -0.2) is 9.78 Å². The number of thiazole rings is 1. The quantitative estimate of drug-likeness (QED) is 0.481. The van der Waals surface area contributed by atoms with Crippen molar-refractivity contribution in [3.63, 3.8) is 0 Å². The Morgan fingerprint density at radius 3 is 2.72 bits per heavy atom. The number of fused-ring (bicyclic) bond motifs is 1. The molecule has 0 aliphatic heterocycles.